The van der Waals surface area contributed by atoms with Crippen molar-refractivity contribution in [2.24, 2.45) is 11.8 Å². The fourth-order valence-electron chi connectivity index (χ4n) is 3.07. The minimum Gasteiger partial charge on any atom is -0.353 e. The summed E-state index contributed by atoms with van der Waals surface area (Å²) in [4.78, 5) is 11.4. The molecule has 0 radical (unpaired) electrons. The lowest BCUT2D eigenvalue weighted by atomic mass is 10.1. The number of aryl methyl sites for hydroxylation is 1. The van der Waals surface area contributed by atoms with Crippen molar-refractivity contribution >= 4 is 11.6 Å². The molecule has 1 aliphatic carbocycles. The number of hydrazine groups is 1. The van der Waals surface area contributed by atoms with Crippen LogP contribution in [0.2, 0.25) is 0 Å². The highest BCUT2D eigenvalue weighted by molar-refractivity contribution is 5.51. The number of nitrogens with zero attached hydrogens (tertiary/aromatic N) is 3. The molecule has 3 N–H and O–H groups in total. The average Bonchev–Trinajstić information content (AvgIpc) is 3.00. The lowest BCUT2D eigenvalue weighted by Gasteiger charge is -2.28. The molecule has 2 aliphatic rings. The van der Waals surface area contributed by atoms with E-state index in [1.807, 2.05) is 6.07 Å². The summed E-state index contributed by atoms with van der Waals surface area (Å²) in [5, 5.41) is 0. The van der Waals surface area contributed by atoms with Crippen LogP contribution in [0.15, 0.2) is 6.07 Å². The SMILES string of the molecule is CCc1nc(NN)cc(N2CC3CCC2C3)n1. The first kappa shape index (κ1) is 10.8. The summed E-state index contributed by atoms with van der Waals surface area (Å²) in [6.07, 6.45) is 4.86. The van der Waals surface area contributed by atoms with Gasteiger partial charge in [0, 0.05) is 25.1 Å². The van der Waals surface area contributed by atoms with Crippen molar-refractivity contribution in [2.45, 2.75) is 38.6 Å². The second-order valence-electron chi connectivity index (χ2n) is 5.01. The van der Waals surface area contributed by atoms with Gasteiger partial charge in [-0.25, -0.2) is 15.8 Å². The lowest BCUT2D eigenvalue weighted by molar-refractivity contribution is 0.549. The quantitative estimate of drug-likeness (QED) is 0.608. The summed E-state index contributed by atoms with van der Waals surface area (Å²) in [7, 11) is 0. The topological polar surface area (TPSA) is 67.1 Å². The van der Waals surface area contributed by atoms with E-state index in [2.05, 4.69) is 27.2 Å². The smallest absolute Gasteiger partial charge is 0.145 e. The van der Waals surface area contributed by atoms with Crippen LogP contribution in [-0.2, 0) is 6.42 Å². The number of nitrogens with one attached hydrogen (secondary N) is 1. The molecule has 3 rings (SSSR count). The number of anilines is 2. The van der Waals surface area contributed by atoms with E-state index in [0.717, 1.165) is 36.3 Å². The van der Waals surface area contributed by atoms with E-state index in [0.29, 0.717) is 6.04 Å². The van der Waals surface area contributed by atoms with Crippen LogP contribution in [0, 0.1) is 5.92 Å². The summed E-state index contributed by atoms with van der Waals surface area (Å²) in [6, 6.07) is 2.64. The largest absolute Gasteiger partial charge is 0.353 e. The molecule has 0 spiro atoms. The van der Waals surface area contributed by atoms with Crippen LogP contribution in [0.3, 0.4) is 0 Å². The maximum atomic E-state index is 5.46. The molecule has 1 aromatic heterocycles. The van der Waals surface area contributed by atoms with Gasteiger partial charge in [-0.3, -0.25) is 0 Å². The number of rotatable bonds is 3. The van der Waals surface area contributed by atoms with Gasteiger partial charge in [-0.05, 0) is 25.2 Å². The van der Waals surface area contributed by atoms with Crippen LogP contribution in [0.1, 0.15) is 32.0 Å². The second kappa shape index (κ2) is 4.14. The maximum Gasteiger partial charge on any atom is 0.145 e. The monoisotopic (exact) mass is 233 g/mol. The summed E-state index contributed by atoms with van der Waals surface area (Å²) in [5.41, 5.74) is 2.63. The van der Waals surface area contributed by atoms with Crippen LogP contribution < -0.4 is 16.2 Å². The maximum absolute atomic E-state index is 5.46. The molecule has 2 fully saturated rings. The summed E-state index contributed by atoms with van der Waals surface area (Å²) in [5.74, 6) is 8.94. The third-order valence-corrected chi connectivity index (χ3v) is 3.93. The zero-order valence-corrected chi connectivity index (χ0v) is 10.2. The van der Waals surface area contributed by atoms with Crippen LogP contribution in [0.4, 0.5) is 11.6 Å². The van der Waals surface area contributed by atoms with Crippen LogP contribution in [0.25, 0.3) is 0 Å². The van der Waals surface area contributed by atoms with Gasteiger partial charge in [0.2, 0.25) is 0 Å². The molecule has 0 amide bonds. The predicted molar refractivity (Wildman–Crippen MR) is 67.7 cm³/mol. The van der Waals surface area contributed by atoms with Crippen molar-refractivity contribution in [3.8, 4) is 0 Å². The second-order valence-corrected chi connectivity index (χ2v) is 5.01. The van der Waals surface area contributed by atoms with Crippen LogP contribution >= 0.6 is 0 Å². The number of aromatic nitrogens is 2. The van der Waals surface area contributed by atoms with Gasteiger partial charge in [0.05, 0.1) is 0 Å². The van der Waals surface area contributed by atoms with Crippen molar-refractivity contribution < 1.29 is 0 Å². The molecule has 1 saturated carbocycles. The van der Waals surface area contributed by atoms with Gasteiger partial charge in [-0.15, -0.1) is 0 Å². The Morgan fingerprint density at radius 3 is 2.94 bits per heavy atom. The highest BCUT2D eigenvalue weighted by Crippen LogP contribution is 2.39. The molecule has 2 heterocycles. The number of hydrogen-bond acceptors (Lipinski definition) is 5. The Hall–Kier alpha value is -1.36. The lowest BCUT2D eigenvalue weighted by Crippen LogP contribution is -2.33. The average molecular weight is 233 g/mol. The number of hydrogen-bond donors (Lipinski definition) is 2. The standard InChI is InChI=1S/C12H19N5/c1-2-10-14-11(16-13)6-12(15-10)17-7-8-3-4-9(17)5-8/h6,8-9H,2-5,7,13H2,1H3,(H,14,15,16). The molecular weight excluding hydrogens is 214 g/mol. The van der Waals surface area contributed by atoms with E-state index in [9.17, 15) is 0 Å². The Labute approximate surface area is 101 Å². The van der Waals surface area contributed by atoms with Crippen molar-refractivity contribution in [1.29, 1.82) is 0 Å². The first-order chi connectivity index (χ1) is 8.30. The molecule has 2 unspecified atom stereocenters. The van der Waals surface area contributed by atoms with E-state index < -0.39 is 0 Å². The minimum absolute atomic E-state index is 0.685. The fraction of sp³-hybridized carbons (Fsp3) is 0.667. The van der Waals surface area contributed by atoms with Crippen molar-refractivity contribution in [3.63, 3.8) is 0 Å². The van der Waals surface area contributed by atoms with Crippen molar-refractivity contribution in [1.82, 2.24) is 9.97 Å². The van der Waals surface area contributed by atoms with Gasteiger partial charge in [-0.2, -0.15) is 0 Å². The van der Waals surface area contributed by atoms with Gasteiger partial charge in [-0.1, -0.05) is 6.92 Å². The van der Waals surface area contributed by atoms with Gasteiger partial charge >= 0.3 is 0 Å². The van der Waals surface area contributed by atoms with Gasteiger partial charge in [0.1, 0.15) is 17.5 Å². The normalized spacial score (nSPS) is 26.6. The van der Waals surface area contributed by atoms with Crippen LogP contribution in [-0.4, -0.2) is 22.6 Å². The zero-order chi connectivity index (χ0) is 11.8. The Balaban J connectivity index is 1.91. The van der Waals surface area contributed by atoms with Gasteiger partial charge < -0.3 is 10.3 Å². The van der Waals surface area contributed by atoms with Gasteiger partial charge in [0.25, 0.3) is 0 Å². The van der Waals surface area contributed by atoms with E-state index in [1.165, 1.54) is 19.3 Å². The summed E-state index contributed by atoms with van der Waals surface area (Å²) >= 11 is 0. The van der Waals surface area contributed by atoms with Crippen LogP contribution in [0.5, 0.6) is 0 Å². The molecule has 5 heteroatoms. The first-order valence-corrected chi connectivity index (χ1v) is 6.41. The third-order valence-electron chi connectivity index (χ3n) is 3.93. The number of piperidine rings is 1. The molecule has 2 bridgehead atoms. The zero-order valence-electron chi connectivity index (χ0n) is 10.2. The van der Waals surface area contributed by atoms with E-state index >= 15 is 0 Å². The third kappa shape index (κ3) is 1.84. The highest BCUT2D eigenvalue weighted by Gasteiger charge is 2.38. The Kier molecular flexibility index (Phi) is 2.63. The summed E-state index contributed by atoms with van der Waals surface area (Å²) < 4.78 is 0. The molecular formula is C12H19N5. The molecule has 92 valence electrons. The number of nitrogens with two attached hydrogens (primary N) is 1. The Bertz CT molecular complexity index is 397. The van der Waals surface area contributed by atoms with E-state index in [-0.39, 0.29) is 0 Å². The first-order valence-electron chi connectivity index (χ1n) is 6.41. The molecule has 17 heavy (non-hydrogen) atoms. The summed E-state index contributed by atoms with van der Waals surface area (Å²) in [6.45, 7) is 3.21. The Morgan fingerprint density at radius 1 is 1.47 bits per heavy atom. The van der Waals surface area contributed by atoms with Gasteiger partial charge in [0.15, 0.2) is 0 Å². The molecule has 1 saturated heterocycles. The molecule has 0 aromatic carbocycles. The number of fused-ring (bicyclic) bond motifs is 2. The van der Waals surface area contributed by atoms with E-state index in [4.69, 9.17) is 5.84 Å². The number of nitrogen functional groups attached to an aromatic ring is 1. The molecule has 2 atom stereocenters. The fourth-order valence-corrected chi connectivity index (χ4v) is 3.07. The molecule has 1 aliphatic heterocycles. The molecule has 1 aromatic rings. The molecule has 5 nitrogen and oxygen atoms in total. The predicted octanol–water partition coefficient (Wildman–Crippen LogP) is 1.31. The Morgan fingerprint density at radius 2 is 2.35 bits per heavy atom. The van der Waals surface area contributed by atoms with Crippen molar-refractivity contribution in [3.05, 3.63) is 11.9 Å². The highest BCUT2D eigenvalue weighted by atomic mass is 15.3. The van der Waals surface area contributed by atoms with Crippen molar-refractivity contribution in [2.75, 3.05) is 16.9 Å². The van der Waals surface area contributed by atoms with E-state index in [1.54, 1.807) is 0 Å². The minimum atomic E-state index is 0.685.